The number of aliphatic hydroxyl groups excluding tert-OH is 1. The van der Waals surface area contributed by atoms with Crippen LogP contribution in [0, 0.1) is 5.92 Å². The molecule has 2 unspecified atom stereocenters. The molecular weight excluding hydrogens is 592 g/mol. The molecule has 0 aromatic heterocycles. The summed E-state index contributed by atoms with van der Waals surface area (Å²) in [5, 5.41) is 32.0. The Hall–Kier alpha value is -4.19. The number of carbonyl (C=O) groups excluding carboxylic acids is 4. The van der Waals surface area contributed by atoms with Gasteiger partial charge in [0.15, 0.2) is 6.10 Å². The second-order valence-electron chi connectivity index (χ2n) is 12.9. The quantitative estimate of drug-likeness (QED) is 0.182. The number of amides is 4. The average Bonchev–Trinajstić information content (AvgIpc) is 3.01. The van der Waals surface area contributed by atoms with Crippen molar-refractivity contribution < 1.29 is 38.9 Å². The fourth-order valence-electron chi connectivity index (χ4n) is 5.73. The first-order chi connectivity index (χ1) is 21.8. The first-order valence-corrected chi connectivity index (χ1v) is 16.0. The zero-order valence-electron chi connectivity index (χ0n) is 27.1. The van der Waals surface area contributed by atoms with Crippen molar-refractivity contribution in [2.24, 2.45) is 5.92 Å². The molecule has 4 amide bonds. The maximum atomic E-state index is 13.9. The lowest BCUT2D eigenvalue weighted by Gasteiger charge is -2.32. The first-order valence-electron chi connectivity index (χ1n) is 16.0. The van der Waals surface area contributed by atoms with Crippen LogP contribution >= 0.6 is 0 Å². The predicted molar refractivity (Wildman–Crippen MR) is 173 cm³/mol. The van der Waals surface area contributed by atoms with Gasteiger partial charge in [-0.25, -0.2) is 4.79 Å². The number of aliphatic hydroxyl groups is 1. The highest BCUT2D eigenvalue weighted by Gasteiger charge is 2.36. The zero-order valence-corrected chi connectivity index (χ0v) is 27.1. The van der Waals surface area contributed by atoms with Gasteiger partial charge in [-0.15, -0.1) is 0 Å². The van der Waals surface area contributed by atoms with Crippen LogP contribution < -0.4 is 21.3 Å². The van der Waals surface area contributed by atoms with E-state index in [1.807, 2.05) is 49.4 Å². The molecule has 12 heteroatoms. The van der Waals surface area contributed by atoms with Crippen molar-refractivity contribution in [1.82, 2.24) is 21.3 Å². The maximum Gasteiger partial charge on any atom is 0.408 e. The Labute approximate surface area is 270 Å². The van der Waals surface area contributed by atoms with Crippen molar-refractivity contribution in [2.45, 2.75) is 109 Å². The number of ether oxygens (including phenoxy) is 1. The third-order valence-electron chi connectivity index (χ3n) is 7.95. The summed E-state index contributed by atoms with van der Waals surface area (Å²) < 4.78 is 5.45. The van der Waals surface area contributed by atoms with E-state index in [1.54, 1.807) is 20.8 Å². The molecular formula is C34H48N4O8. The highest BCUT2D eigenvalue weighted by molar-refractivity contribution is 5.93. The van der Waals surface area contributed by atoms with Crippen molar-refractivity contribution in [1.29, 1.82) is 0 Å². The van der Waals surface area contributed by atoms with Crippen LogP contribution in [0.15, 0.2) is 42.5 Å². The van der Waals surface area contributed by atoms with Gasteiger partial charge in [0.2, 0.25) is 11.8 Å². The number of carboxylic acids is 1. The van der Waals surface area contributed by atoms with Crippen molar-refractivity contribution in [3.63, 3.8) is 0 Å². The number of hydrogen-bond acceptors (Lipinski definition) is 7. The first kappa shape index (κ1) is 36.3. The van der Waals surface area contributed by atoms with E-state index in [-0.39, 0.29) is 18.8 Å². The minimum atomic E-state index is -1.72. The normalized spacial score (nSPS) is 16.4. The van der Waals surface area contributed by atoms with Crippen molar-refractivity contribution in [2.75, 3.05) is 6.54 Å². The van der Waals surface area contributed by atoms with Gasteiger partial charge < -0.3 is 36.2 Å². The third kappa shape index (κ3) is 11.3. The van der Waals surface area contributed by atoms with Crippen LogP contribution in [0.3, 0.4) is 0 Å². The average molecular weight is 641 g/mol. The fraction of sp³-hybridized carbons (Fsp3) is 0.559. The van der Waals surface area contributed by atoms with E-state index in [0.717, 1.165) is 48.4 Å². The zero-order chi connectivity index (χ0) is 33.9. The minimum Gasteiger partial charge on any atom is -0.480 e. The van der Waals surface area contributed by atoms with Gasteiger partial charge in [-0.1, -0.05) is 75.1 Å². The highest BCUT2D eigenvalue weighted by Crippen LogP contribution is 2.27. The summed E-state index contributed by atoms with van der Waals surface area (Å²) in [7, 11) is 0. The Balaban J connectivity index is 1.89. The molecule has 1 aliphatic carbocycles. The number of benzene rings is 2. The molecule has 4 atom stereocenters. The Morgan fingerprint density at radius 3 is 2.20 bits per heavy atom. The van der Waals surface area contributed by atoms with Crippen LogP contribution in [0.25, 0.3) is 10.8 Å². The summed E-state index contributed by atoms with van der Waals surface area (Å²) in [6.45, 7) is 6.32. The summed E-state index contributed by atoms with van der Waals surface area (Å²) in [4.78, 5) is 64.0. The van der Waals surface area contributed by atoms with Gasteiger partial charge in [0.05, 0.1) is 6.04 Å². The van der Waals surface area contributed by atoms with Crippen LogP contribution in [0.4, 0.5) is 4.79 Å². The molecule has 12 nitrogen and oxygen atoms in total. The molecule has 252 valence electrons. The number of fused-ring (bicyclic) bond motifs is 1. The monoisotopic (exact) mass is 640 g/mol. The molecule has 2 aromatic rings. The van der Waals surface area contributed by atoms with Gasteiger partial charge in [0.1, 0.15) is 24.2 Å². The maximum absolute atomic E-state index is 13.9. The standard InChI is InChI=1S/C34H48N4O8/c1-5-11-25(29(41)32(44)35-20-27(39)40)36-30(42)26(19-21-16-17-22-12-9-10-15-24(22)18-21)37-31(43)28(23-13-7-6-8-14-23)38-33(45)46-34(2,3)4/h9-10,12,15-18,23,25-26,28-29,41H,5-8,11,13-14,19-20H2,1-4H3,(H,35,44)(H,36,42)(H,37,43)(H,38,45)(H,39,40)/t25?,26-,28-,29?/m0/s1. The molecule has 0 bridgehead atoms. The number of nitrogens with one attached hydrogen (secondary N) is 4. The summed E-state index contributed by atoms with van der Waals surface area (Å²) in [5.41, 5.74) is -0.0116. The second-order valence-corrected chi connectivity index (χ2v) is 12.9. The Morgan fingerprint density at radius 1 is 0.891 bits per heavy atom. The lowest BCUT2D eigenvalue weighted by atomic mass is 9.83. The molecule has 1 fully saturated rings. The molecule has 0 aliphatic heterocycles. The van der Waals surface area contributed by atoms with E-state index in [9.17, 15) is 29.1 Å². The minimum absolute atomic E-state index is 0.0897. The number of hydrogen-bond donors (Lipinski definition) is 6. The van der Waals surface area contributed by atoms with Crippen LogP contribution in [0.2, 0.25) is 0 Å². The lowest BCUT2D eigenvalue weighted by Crippen LogP contribution is -2.59. The number of carbonyl (C=O) groups is 5. The highest BCUT2D eigenvalue weighted by atomic mass is 16.6. The topological polar surface area (TPSA) is 183 Å². The van der Waals surface area contributed by atoms with Gasteiger partial charge >= 0.3 is 12.1 Å². The van der Waals surface area contributed by atoms with E-state index in [4.69, 9.17) is 9.84 Å². The SMILES string of the molecule is CCCC(NC(=O)[C@H](Cc1ccc2ccccc2c1)NC(=O)[C@@H](NC(=O)OC(C)(C)C)C1CCCCC1)C(O)C(=O)NCC(=O)O. The largest absolute Gasteiger partial charge is 0.480 e. The molecule has 0 saturated heterocycles. The molecule has 3 rings (SSSR count). The second kappa shape index (κ2) is 16.9. The van der Waals surface area contributed by atoms with Gasteiger partial charge in [-0.05, 0) is 62.3 Å². The number of aliphatic carboxylic acids is 1. The summed E-state index contributed by atoms with van der Waals surface area (Å²) >= 11 is 0. The summed E-state index contributed by atoms with van der Waals surface area (Å²) in [5.74, 6) is -3.54. The Morgan fingerprint density at radius 2 is 1.57 bits per heavy atom. The van der Waals surface area contributed by atoms with Gasteiger partial charge in [-0.2, -0.15) is 0 Å². The molecule has 1 aliphatic rings. The van der Waals surface area contributed by atoms with Crippen molar-refractivity contribution in [3.05, 3.63) is 48.0 Å². The molecule has 1 saturated carbocycles. The molecule has 0 radical (unpaired) electrons. The van der Waals surface area contributed by atoms with E-state index in [2.05, 4.69) is 21.3 Å². The molecule has 0 spiro atoms. The van der Waals surface area contributed by atoms with E-state index >= 15 is 0 Å². The number of carboxylic acid groups (broad SMARTS) is 1. The Bertz CT molecular complexity index is 1370. The van der Waals surface area contributed by atoms with Gasteiger partial charge in [0, 0.05) is 6.42 Å². The van der Waals surface area contributed by atoms with Crippen LogP contribution in [0.5, 0.6) is 0 Å². The molecule has 2 aromatic carbocycles. The van der Waals surface area contributed by atoms with E-state index in [0.29, 0.717) is 6.42 Å². The summed E-state index contributed by atoms with van der Waals surface area (Å²) in [6, 6.07) is 10.3. The van der Waals surface area contributed by atoms with Crippen LogP contribution in [-0.4, -0.2) is 76.4 Å². The van der Waals surface area contributed by atoms with E-state index in [1.165, 1.54) is 0 Å². The van der Waals surface area contributed by atoms with Gasteiger partial charge in [-0.3, -0.25) is 19.2 Å². The van der Waals surface area contributed by atoms with E-state index < -0.39 is 66.2 Å². The molecule has 46 heavy (non-hydrogen) atoms. The Kier molecular flexibility index (Phi) is 13.4. The van der Waals surface area contributed by atoms with Crippen molar-refractivity contribution in [3.8, 4) is 0 Å². The number of rotatable bonds is 14. The molecule has 6 N–H and O–H groups in total. The fourth-order valence-corrected chi connectivity index (χ4v) is 5.73. The van der Waals surface area contributed by atoms with Crippen LogP contribution in [0.1, 0.15) is 78.2 Å². The summed E-state index contributed by atoms with van der Waals surface area (Å²) in [6.07, 6.45) is 2.66. The molecule has 0 heterocycles. The predicted octanol–water partition coefficient (Wildman–Crippen LogP) is 3.19. The van der Waals surface area contributed by atoms with Gasteiger partial charge in [0.25, 0.3) is 5.91 Å². The number of alkyl carbamates (subject to hydrolysis) is 1. The smallest absolute Gasteiger partial charge is 0.408 e. The van der Waals surface area contributed by atoms with Crippen LogP contribution in [-0.2, 0) is 30.3 Å². The third-order valence-corrected chi connectivity index (χ3v) is 7.95. The lowest BCUT2D eigenvalue weighted by molar-refractivity contribution is -0.140. The van der Waals surface area contributed by atoms with Crippen molar-refractivity contribution >= 4 is 40.6 Å².